The predicted molar refractivity (Wildman–Crippen MR) is 81.2 cm³/mol. The van der Waals surface area contributed by atoms with Crippen LogP contribution < -0.4 is 14.8 Å². The first-order valence-corrected chi connectivity index (χ1v) is 6.83. The number of hydrogen-bond acceptors (Lipinski definition) is 3. The Hall–Kier alpha value is -2.07. The molecule has 2 aromatic carbocycles. The van der Waals surface area contributed by atoms with Gasteiger partial charge >= 0.3 is 0 Å². The van der Waals surface area contributed by atoms with Crippen molar-refractivity contribution in [2.45, 2.75) is 20.1 Å². The van der Waals surface area contributed by atoms with Crippen molar-refractivity contribution in [1.82, 2.24) is 5.32 Å². The third kappa shape index (κ3) is 3.95. The van der Waals surface area contributed by atoms with Crippen molar-refractivity contribution < 1.29 is 13.9 Å². The maximum absolute atomic E-state index is 13.1. The molecule has 4 heteroatoms. The Morgan fingerprint density at radius 2 is 1.90 bits per heavy atom. The highest BCUT2D eigenvalue weighted by Crippen LogP contribution is 2.29. The van der Waals surface area contributed by atoms with Crippen LogP contribution in [0.4, 0.5) is 4.39 Å². The SMILES string of the molecule is CNCc1ccc(OCc2ccc(F)cc2C)c(OC)c1. The van der Waals surface area contributed by atoms with Crippen LogP contribution in [0, 0.1) is 12.7 Å². The monoisotopic (exact) mass is 289 g/mol. The van der Waals surface area contributed by atoms with Gasteiger partial charge in [0, 0.05) is 6.54 Å². The fourth-order valence-electron chi connectivity index (χ4n) is 2.12. The molecule has 2 rings (SSSR count). The molecule has 2 aromatic rings. The fraction of sp³-hybridized carbons (Fsp3) is 0.294. The maximum atomic E-state index is 13.1. The summed E-state index contributed by atoms with van der Waals surface area (Å²) in [5, 5.41) is 3.09. The summed E-state index contributed by atoms with van der Waals surface area (Å²) in [6.07, 6.45) is 0. The number of aryl methyl sites for hydroxylation is 1. The van der Waals surface area contributed by atoms with Crippen molar-refractivity contribution in [2.75, 3.05) is 14.2 Å². The Kier molecular flexibility index (Phi) is 5.17. The van der Waals surface area contributed by atoms with Crippen molar-refractivity contribution in [2.24, 2.45) is 0 Å². The van der Waals surface area contributed by atoms with Crippen LogP contribution in [0.25, 0.3) is 0 Å². The van der Waals surface area contributed by atoms with Crippen LogP contribution in [0.3, 0.4) is 0 Å². The molecule has 0 aromatic heterocycles. The minimum absolute atomic E-state index is 0.231. The molecular formula is C17H20FNO2. The van der Waals surface area contributed by atoms with Crippen molar-refractivity contribution in [3.63, 3.8) is 0 Å². The zero-order valence-corrected chi connectivity index (χ0v) is 12.6. The summed E-state index contributed by atoms with van der Waals surface area (Å²) in [7, 11) is 3.52. The molecule has 0 atom stereocenters. The average molecular weight is 289 g/mol. The van der Waals surface area contributed by atoms with Gasteiger partial charge in [-0.25, -0.2) is 4.39 Å². The molecule has 112 valence electrons. The molecule has 3 nitrogen and oxygen atoms in total. The van der Waals surface area contributed by atoms with Crippen LogP contribution in [0.1, 0.15) is 16.7 Å². The third-order valence-electron chi connectivity index (χ3n) is 3.30. The van der Waals surface area contributed by atoms with Gasteiger partial charge in [-0.1, -0.05) is 12.1 Å². The second kappa shape index (κ2) is 7.09. The Bertz CT molecular complexity index is 614. The maximum Gasteiger partial charge on any atom is 0.161 e. The van der Waals surface area contributed by atoms with Crippen LogP contribution >= 0.6 is 0 Å². The van der Waals surface area contributed by atoms with Gasteiger partial charge in [0.05, 0.1) is 7.11 Å². The van der Waals surface area contributed by atoms with Gasteiger partial charge < -0.3 is 14.8 Å². The van der Waals surface area contributed by atoms with Gasteiger partial charge in [-0.05, 0) is 54.9 Å². The van der Waals surface area contributed by atoms with Crippen LogP contribution in [0.15, 0.2) is 36.4 Å². The quantitative estimate of drug-likeness (QED) is 0.883. The minimum atomic E-state index is -0.231. The summed E-state index contributed by atoms with van der Waals surface area (Å²) >= 11 is 0. The van der Waals surface area contributed by atoms with E-state index in [2.05, 4.69) is 5.32 Å². The van der Waals surface area contributed by atoms with Gasteiger partial charge in [-0.15, -0.1) is 0 Å². The minimum Gasteiger partial charge on any atom is -0.493 e. The van der Waals surface area contributed by atoms with Gasteiger partial charge in [-0.2, -0.15) is 0 Å². The molecule has 0 heterocycles. The number of nitrogens with one attached hydrogen (secondary N) is 1. The van der Waals surface area contributed by atoms with Crippen molar-refractivity contribution in [1.29, 1.82) is 0 Å². The number of rotatable bonds is 6. The molecule has 0 fully saturated rings. The first-order valence-electron chi connectivity index (χ1n) is 6.83. The van der Waals surface area contributed by atoms with Gasteiger partial charge in [0.2, 0.25) is 0 Å². The Labute approximate surface area is 124 Å². The molecule has 0 amide bonds. The lowest BCUT2D eigenvalue weighted by molar-refractivity contribution is 0.283. The van der Waals surface area contributed by atoms with Gasteiger partial charge in [-0.3, -0.25) is 0 Å². The predicted octanol–water partition coefficient (Wildman–Crippen LogP) is 3.44. The number of benzene rings is 2. The number of halogens is 1. The topological polar surface area (TPSA) is 30.5 Å². The summed E-state index contributed by atoms with van der Waals surface area (Å²) in [5.74, 6) is 1.15. The molecule has 0 aliphatic rings. The molecule has 1 N–H and O–H groups in total. The van der Waals surface area contributed by atoms with Gasteiger partial charge in [0.1, 0.15) is 12.4 Å². The van der Waals surface area contributed by atoms with E-state index in [0.717, 1.165) is 23.2 Å². The van der Waals surface area contributed by atoms with E-state index in [1.54, 1.807) is 13.2 Å². The molecule has 0 aliphatic carbocycles. The lowest BCUT2D eigenvalue weighted by atomic mass is 10.1. The van der Waals surface area contributed by atoms with Crippen molar-refractivity contribution in [3.05, 3.63) is 58.9 Å². The lowest BCUT2D eigenvalue weighted by Crippen LogP contribution is -2.06. The lowest BCUT2D eigenvalue weighted by Gasteiger charge is -2.13. The molecule has 0 unspecified atom stereocenters. The molecule has 0 spiro atoms. The molecule has 0 saturated heterocycles. The van der Waals surface area contributed by atoms with E-state index in [4.69, 9.17) is 9.47 Å². The van der Waals surface area contributed by atoms with E-state index in [-0.39, 0.29) is 5.82 Å². The van der Waals surface area contributed by atoms with E-state index in [0.29, 0.717) is 18.1 Å². The van der Waals surface area contributed by atoms with Crippen LogP contribution in [0.5, 0.6) is 11.5 Å². The van der Waals surface area contributed by atoms with Crippen LogP contribution in [-0.2, 0) is 13.2 Å². The fourth-order valence-corrected chi connectivity index (χ4v) is 2.12. The molecule has 21 heavy (non-hydrogen) atoms. The summed E-state index contributed by atoms with van der Waals surface area (Å²) in [5.41, 5.74) is 2.96. The summed E-state index contributed by atoms with van der Waals surface area (Å²) < 4.78 is 24.2. The Morgan fingerprint density at radius 1 is 1.10 bits per heavy atom. The highest BCUT2D eigenvalue weighted by atomic mass is 19.1. The second-order valence-electron chi connectivity index (χ2n) is 4.88. The normalized spacial score (nSPS) is 10.5. The second-order valence-corrected chi connectivity index (χ2v) is 4.88. The van der Waals surface area contributed by atoms with Gasteiger partial charge in [0.25, 0.3) is 0 Å². The van der Waals surface area contributed by atoms with E-state index in [1.165, 1.54) is 12.1 Å². The first-order chi connectivity index (χ1) is 10.1. The van der Waals surface area contributed by atoms with Crippen molar-refractivity contribution >= 4 is 0 Å². The first kappa shape index (κ1) is 15.3. The summed E-state index contributed by atoms with van der Waals surface area (Å²) in [6, 6.07) is 10.5. The molecule has 0 aliphatic heterocycles. The molecule has 0 bridgehead atoms. The Balaban J connectivity index is 2.12. The standard InChI is InChI=1S/C17H20FNO2/c1-12-8-15(18)6-5-14(12)11-21-16-7-4-13(10-19-2)9-17(16)20-3/h4-9,19H,10-11H2,1-3H3. The smallest absolute Gasteiger partial charge is 0.161 e. The zero-order valence-electron chi connectivity index (χ0n) is 12.6. The highest BCUT2D eigenvalue weighted by Gasteiger charge is 2.07. The zero-order chi connectivity index (χ0) is 15.2. The summed E-state index contributed by atoms with van der Waals surface area (Å²) in [6.45, 7) is 3.02. The van der Waals surface area contributed by atoms with Crippen LogP contribution in [-0.4, -0.2) is 14.2 Å². The number of hydrogen-bond donors (Lipinski definition) is 1. The molecular weight excluding hydrogens is 269 g/mol. The van der Waals surface area contributed by atoms with E-state index >= 15 is 0 Å². The molecule has 0 saturated carbocycles. The number of ether oxygens (including phenoxy) is 2. The van der Waals surface area contributed by atoms with E-state index < -0.39 is 0 Å². The molecule has 0 radical (unpaired) electrons. The number of methoxy groups -OCH3 is 1. The van der Waals surface area contributed by atoms with Gasteiger partial charge in [0.15, 0.2) is 11.5 Å². The third-order valence-corrected chi connectivity index (χ3v) is 3.30. The van der Waals surface area contributed by atoms with E-state index in [9.17, 15) is 4.39 Å². The largest absolute Gasteiger partial charge is 0.493 e. The Morgan fingerprint density at radius 3 is 2.57 bits per heavy atom. The van der Waals surface area contributed by atoms with Crippen molar-refractivity contribution in [3.8, 4) is 11.5 Å². The summed E-state index contributed by atoms with van der Waals surface area (Å²) in [4.78, 5) is 0. The van der Waals surface area contributed by atoms with E-state index in [1.807, 2.05) is 32.2 Å². The average Bonchev–Trinajstić information content (AvgIpc) is 2.47. The van der Waals surface area contributed by atoms with Crippen LogP contribution in [0.2, 0.25) is 0 Å². The highest BCUT2D eigenvalue weighted by molar-refractivity contribution is 5.43.